The second-order valence-corrected chi connectivity index (χ2v) is 7.82. The molecule has 0 saturated carbocycles. The van der Waals surface area contributed by atoms with Gasteiger partial charge in [-0.3, -0.25) is 9.59 Å². The lowest BCUT2D eigenvalue weighted by Gasteiger charge is -2.32. The van der Waals surface area contributed by atoms with E-state index in [0.29, 0.717) is 42.6 Å². The Bertz CT molecular complexity index is 915. The van der Waals surface area contributed by atoms with E-state index in [-0.39, 0.29) is 17.7 Å². The van der Waals surface area contributed by atoms with Gasteiger partial charge in [0.1, 0.15) is 5.82 Å². The molecule has 1 N–H and O–H groups in total. The highest BCUT2D eigenvalue weighted by Gasteiger charge is 2.29. The Labute approximate surface area is 183 Å². The number of aryl methyl sites for hydroxylation is 1. The van der Waals surface area contributed by atoms with Crippen LogP contribution in [-0.2, 0) is 4.79 Å². The number of nitrogens with one attached hydrogen (secondary N) is 1. The second-order valence-electron chi connectivity index (χ2n) is 7.82. The van der Waals surface area contributed by atoms with Crippen molar-refractivity contribution >= 4 is 17.6 Å². The highest BCUT2D eigenvalue weighted by molar-refractivity contribution is 5.96. The van der Waals surface area contributed by atoms with Gasteiger partial charge >= 0.3 is 0 Å². The van der Waals surface area contributed by atoms with E-state index in [9.17, 15) is 9.59 Å². The van der Waals surface area contributed by atoms with E-state index in [0.717, 1.165) is 31.2 Å². The normalized spacial score (nSPS) is 16.0. The summed E-state index contributed by atoms with van der Waals surface area (Å²) in [5.41, 5.74) is 1.44. The minimum Gasteiger partial charge on any atom is -0.493 e. The number of carbonyl (C=O) groups excluding carboxylic acids is 2. The van der Waals surface area contributed by atoms with Gasteiger partial charge in [-0.2, -0.15) is 0 Å². The number of hydrogen-bond acceptors (Lipinski definition) is 5. The standard InChI is InChI=1S/C24H31N3O4/c1-4-5-14-31-20-11-10-18(15-21(20)30-3)24(29)27-13-7-9-19(16-27)23(28)26-22-17(2)8-6-12-25-22/h6,8,10-12,15,19H,4-5,7,9,13-14,16H2,1-3H3,(H,25,26,28). The van der Waals surface area contributed by atoms with Gasteiger partial charge in [0, 0.05) is 24.8 Å². The average molecular weight is 426 g/mol. The molecule has 7 nitrogen and oxygen atoms in total. The molecule has 3 rings (SSSR count). The number of hydrogen-bond donors (Lipinski definition) is 1. The van der Waals surface area contributed by atoms with Crippen LogP contribution in [-0.4, -0.2) is 48.5 Å². The van der Waals surface area contributed by atoms with Crippen LogP contribution in [0.25, 0.3) is 0 Å². The Morgan fingerprint density at radius 3 is 2.84 bits per heavy atom. The number of ether oxygens (including phenoxy) is 2. The molecule has 1 aliphatic heterocycles. The molecule has 0 aliphatic carbocycles. The summed E-state index contributed by atoms with van der Waals surface area (Å²) in [7, 11) is 1.57. The predicted octanol–water partition coefficient (Wildman–Crippen LogP) is 4.07. The van der Waals surface area contributed by atoms with Crippen LogP contribution in [0.2, 0.25) is 0 Å². The number of benzene rings is 1. The van der Waals surface area contributed by atoms with Crippen LogP contribution in [0, 0.1) is 12.8 Å². The van der Waals surface area contributed by atoms with Crippen molar-refractivity contribution in [1.82, 2.24) is 9.88 Å². The van der Waals surface area contributed by atoms with E-state index in [2.05, 4.69) is 17.2 Å². The smallest absolute Gasteiger partial charge is 0.254 e. The first kappa shape index (κ1) is 22.6. The molecular formula is C24H31N3O4. The quantitative estimate of drug-likeness (QED) is 0.645. The van der Waals surface area contributed by atoms with Gasteiger partial charge in [-0.25, -0.2) is 4.98 Å². The summed E-state index contributed by atoms with van der Waals surface area (Å²) >= 11 is 0. The van der Waals surface area contributed by atoms with Crippen molar-refractivity contribution in [2.45, 2.75) is 39.5 Å². The van der Waals surface area contributed by atoms with Crippen LogP contribution < -0.4 is 14.8 Å². The molecule has 1 saturated heterocycles. The summed E-state index contributed by atoms with van der Waals surface area (Å²) in [6.45, 7) is 5.63. The number of carbonyl (C=O) groups is 2. The molecule has 0 bridgehead atoms. The van der Waals surface area contributed by atoms with Crippen LogP contribution in [0.3, 0.4) is 0 Å². The average Bonchev–Trinajstić information content (AvgIpc) is 2.80. The number of aromatic nitrogens is 1. The monoisotopic (exact) mass is 425 g/mol. The first-order valence-electron chi connectivity index (χ1n) is 10.9. The van der Waals surface area contributed by atoms with Crippen molar-refractivity contribution < 1.29 is 19.1 Å². The molecule has 166 valence electrons. The highest BCUT2D eigenvalue weighted by Crippen LogP contribution is 2.29. The zero-order valence-corrected chi connectivity index (χ0v) is 18.5. The van der Waals surface area contributed by atoms with E-state index < -0.39 is 0 Å². The molecule has 7 heteroatoms. The molecule has 1 unspecified atom stereocenters. The van der Waals surface area contributed by atoms with Gasteiger partial charge in [0.05, 0.1) is 19.6 Å². The van der Waals surface area contributed by atoms with Crippen molar-refractivity contribution in [3.8, 4) is 11.5 Å². The number of nitrogens with zero attached hydrogens (tertiary/aromatic N) is 2. The van der Waals surface area contributed by atoms with Crippen LogP contribution >= 0.6 is 0 Å². The van der Waals surface area contributed by atoms with Gasteiger partial charge in [0.25, 0.3) is 5.91 Å². The minimum atomic E-state index is -0.266. The number of piperidine rings is 1. The van der Waals surface area contributed by atoms with Gasteiger partial charge < -0.3 is 19.7 Å². The lowest BCUT2D eigenvalue weighted by atomic mass is 9.96. The fraction of sp³-hybridized carbons (Fsp3) is 0.458. The third kappa shape index (κ3) is 5.75. The third-order valence-corrected chi connectivity index (χ3v) is 5.50. The number of rotatable bonds is 8. The fourth-order valence-electron chi connectivity index (χ4n) is 3.64. The molecule has 2 heterocycles. The Morgan fingerprint density at radius 1 is 1.26 bits per heavy atom. The van der Waals surface area contributed by atoms with Crippen LogP contribution in [0.15, 0.2) is 36.5 Å². The summed E-state index contributed by atoms with van der Waals surface area (Å²) in [6, 6.07) is 8.99. The van der Waals surface area contributed by atoms with Crippen molar-refractivity contribution in [1.29, 1.82) is 0 Å². The van der Waals surface area contributed by atoms with Crippen molar-refractivity contribution in [2.24, 2.45) is 5.92 Å². The minimum absolute atomic E-state index is 0.100. The second kappa shape index (κ2) is 10.8. The Balaban J connectivity index is 1.66. The summed E-state index contributed by atoms with van der Waals surface area (Å²) in [4.78, 5) is 31.8. The molecule has 1 aliphatic rings. The number of pyridine rings is 1. The zero-order chi connectivity index (χ0) is 22.2. The van der Waals surface area contributed by atoms with Gasteiger partial charge in [-0.05, 0) is 56.0 Å². The topological polar surface area (TPSA) is 80.8 Å². The summed E-state index contributed by atoms with van der Waals surface area (Å²) in [5.74, 6) is 1.27. The summed E-state index contributed by atoms with van der Waals surface area (Å²) in [5, 5.41) is 2.90. The fourth-order valence-corrected chi connectivity index (χ4v) is 3.64. The van der Waals surface area contributed by atoms with Gasteiger partial charge in [0.15, 0.2) is 11.5 Å². The predicted molar refractivity (Wildman–Crippen MR) is 120 cm³/mol. The lowest BCUT2D eigenvalue weighted by molar-refractivity contribution is -0.121. The molecule has 2 amide bonds. The maximum absolute atomic E-state index is 13.1. The van der Waals surface area contributed by atoms with E-state index >= 15 is 0 Å². The first-order valence-corrected chi connectivity index (χ1v) is 10.9. The lowest BCUT2D eigenvalue weighted by Crippen LogP contribution is -2.43. The SMILES string of the molecule is CCCCOc1ccc(C(=O)N2CCCC(C(=O)Nc3ncccc3C)C2)cc1OC. The molecule has 0 spiro atoms. The largest absolute Gasteiger partial charge is 0.493 e. The molecule has 31 heavy (non-hydrogen) atoms. The Hall–Kier alpha value is -3.09. The van der Waals surface area contributed by atoms with E-state index in [4.69, 9.17) is 9.47 Å². The van der Waals surface area contributed by atoms with Gasteiger partial charge in [-0.1, -0.05) is 19.4 Å². The summed E-state index contributed by atoms with van der Waals surface area (Å²) < 4.78 is 11.2. The maximum Gasteiger partial charge on any atom is 0.254 e. The molecule has 0 radical (unpaired) electrons. The molecule has 1 aromatic heterocycles. The van der Waals surface area contributed by atoms with Crippen LogP contribution in [0.5, 0.6) is 11.5 Å². The molecule has 1 atom stereocenters. The number of unbranched alkanes of at least 4 members (excludes halogenated alkanes) is 1. The van der Waals surface area contributed by atoms with Gasteiger partial charge in [0.2, 0.25) is 5.91 Å². The highest BCUT2D eigenvalue weighted by atomic mass is 16.5. The van der Waals surface area contributed by atoms with E-state index in [1.165, 1.54) is 0 Å². The first-order chi connectivity index (χ1) is 15.0. The van der Waals surface area contributed by atoms with Crippen molar-refractivity contribution in [2.75, 3.05) is 32.1 Å². The van der Waals surface area contributed by atoms with E-state index in [1.54, 1.807) is 36.4 Å². The summed E-state index contributed by atoms with van der Waals surface area (Å²) in [6.07, 6.45) is 5.18. The zero-order valence-electron chi connectivity index (χ0n) is 18.5. The number of likely N-dealkylation sites (tertiary alicyclic amines) is 1. The van der Waals surface area contributed by atoms with Gasteiger partial charge in [-0.15, -0.1) is 0 Å². The van der Waals surface area contributed by atoms with Crippen molar-refractivity contribution in [3.63, 3.8) is 0 Å². The number of anilines is 1. The van der Waals surface area contributed by atoms with Crippen LogP contribution in [0.4, 0.5) is 5.82 Å². The Morgan fingerprint density at radius 2 is 2.10 bits per heavy atom. The molecule has 1 aromatic carbocycles. The number of amides is 2. The van der Waals surface area contributed by atoms with E-state index in [1.807, 2.05) is 19.1 Å². The molecular weight excluding hydrogens is 394 g/mol. The maximum atomic E-state index is 13.1. The van der Waals surface area contributed by atoms with Crippen molar-refractivity contribution in [3.05, 3.63) is 47.7 Å². The molecule has 2 aromatic rings. The third-order valence-electron chi connectivity index (χ3n) is 5.50. The number of methoxy groups -OCH3 is 1. The Kier molecular flexibility index (Phi) is 7.87. The molecule has 1 fully saturated rings. The van der Waals surface area contributed by atoms with Crippen LogP contribution in [0.1, 0.15) is 48.5 Å².